The first kappa shape index (κ1) is 52.9. The number of hydrogen-bond donors (Lipinski definition) is 4. The number of carbonyl (C=O) groups is 2. The van der Waals surface area contributed by atoms with Gasteiger partial charge >= 0.3 is 11.9 Å². The van der Waals surface area contributed by atoms with Crippen LogP contribution in [-0.2, 0) is 28.5 Å². The zero-order valence-electron chi connectivity index (χ0n) is 35.8. The Balaban J connectivity index is 2.39. The van der Waals surface area contributed by atoms with E-state index in [1.54, 1.807) is 0 Å². The molecule has 4 N–H and O–H groups in total. The lowest BCUT2D eigenvalue weighted by Crippen LogP contribution is -2.59. The molecule has 0 aromatic rings. The van der Waals surface area contributed by atoms with E-state index >= 15 is 0 Å². The zero-order chi connectivity index (χ0) is 42.3. The van der Waals surface area contributed by atoms with E-state index in [0.29, 0.717) is 12.8 Å². The molecule has 1 fully saturated rings. The van der Waals surface area contributed by atoms with Crippen molar-refractivity contribution in [3.05, 3.63) is 85.1 Å². The SMILES string of the molecule is CC/C=C\C/C=C\C/C=C\C/C=C\C/C=C\CCCCCC(=O)OC(COC(=O)CCCCCCC/C=C\C/C=C\CCCC)COC1OC(CO)C(O)C(O)C1O. The van der Waals surface area contributed by atoms with Gasteiger partial charge in [-0.1, -0.05) is 137 Å². The molecular formula is C48H78O10. The molecule has 58 heavy (non-hydrogen) atoms. The van der Waals surface area contributed by atoms with Crippen molar-refractivity contribution in [3.63, 3.8) is 0 Å². The smallest absolute Gasteiger partial charge is 0.306 e. The highest BCUT2D eigenvalue weighted by atomic mass is 16.7. The van der Waals surface area contributed by atoms with Crippen LogP contribution in [0.2, 0.25) is 0 Å². The first-order valence-electron chi connectivity index (χ1n) is 22.2. The maximum atomic E-state index is 12.8. The zero-order valence-corrected chi connectivity index (χ0v) is 35.8. The van der Waals surface area contributed by atoms with Crippen LogP contribution >= 0.6 is 0 Å². The Kier molecular flexibility index (Phi) is 34.8. The summed E-state index contributed by atoms with van der Waals surface area (Å²) in [6.45, 7) is 3.20. The molecule has 1 aliphatic rings. The van der Waals surface area contributed by atoms with E-state index in [1.165, 1.54) is 12.8 Å². The van der Waals surface area contributed by atoms with Crippen molar-refractivity contribution >= 4 is 11.9 Å². The highest BCUT2D eigenvalue weighted by molar-refractivity contribution is 5.70. The van der Waals surface area contributed by atoms with Crippen LogP contribution in [0.3, 0.4) is 0 Å². The molecule has 0 bridgehead atoms. The Labute approximate surface area is 350 Å². The molecule has 1 aliphatic heterocycles. The fourth-order valence-electron chi connectivity index (χ4n) is 5.99. The first-order chi connectivity index (χ1) is 28.3. The van der Waals surface area contributed by atoms with Gasteiger partial charge in [-0.25, -0.2) is 0 Å². The summed E-state index contributed by atoms with van der Waals surface area (Å²) < 4.78 is 22.1. The number of aliphatic hydroxyl groups excluding tert-OH is 4. The summed E-state index contributed by atoms with van der Waals surface area (Å²) in [5.74, 6) is -0.870. The van der Waals surface area contributed by atoms with Crippen LogP contribution in [0, 0.1) is 0 Å². The van der Waals surface area contributed by atoms with Crippen LogP contribution in [-0.4, -0.2) is 89.0 Å². The minimum absolute atomic E-state index is 0.183. The maximum Gasteiger partial charge on any atom is 0.306 e. The number of rotatable bonds is 35. The van der Waals surface area contributed by atoms with Gasteiger partial charge in [-0.2, -0.15) is 0 Å². The third kappa shape index (κ3) is 29.1. The fraction of sp³-hybridized carbons (Fsp3) is 0.667. The van der Waals surface area contributed by atoms with Crippen molar-refractivity contribution in [2.24, 2.45) is 0 Å². The van der Waals surface area contributed by atoms with Crippen LogP contribution in [0.1, 0.15) is 149 Å². The predicted molar refractivity (Wildman–Crippen MR) is 233 cm³/mol. The van der Waals surface area contributed by atoms with Gasteiger partial charge in [-0.15, -0.1) is 0 Å². The van der Waals surface area contributed by atoms with Crippen molar-refractivity contribution in [1.29, 1.82) is 0 Å². The van der Waals surface area contributed by atoms with Gasteiger partial charge < -0.3 is 39.4 Å². The quantitative estimate of drug-likeness (QED) is 0.0277. The molecule has 0 aromatic carbocycles. The summed E-state index contributed by atoms with van der Waals surface area (Å²) >= 11 is 0. The standard InChI is InChI=1S/C48H78O10/c1-3-5-7-9-11-13-15-17-19-20-21-22-23-25-27-29-31-33-35-37-44(51)57-41(40-56-48-47(54)46(53)45(52)42(38-49)58-48)39-55-43(50)36-34-32-30-28-26-24-18-16-14-12-10-8-6-4-2/h5,7,10-13,16-19,21-22,25,27,41-42,45-49,52-54H,3-4,6,8-9,14-15,20,23-24,26,28-40H2,1-2H3/b7-5-,12-10-,13-11-,18-16-,19-17-,22-21-,27-25-. The van der Waals surface area contributed by atoms with Crippen LogP contribution in [0.4, 0.5) is 0 Å². The van der Waals surface area contributed by atoms with Crippen LogP contribution in [0.5, 0.6) is 0 Å². The molecule has 0 aliphatic carbocycles. The predicted octanol–water partition coefficient (Wildman–Crippen LogP) is 9.38. The molecule has 1 heterocycles. The van der Waals surface area contributed by atoms with Crippen LogP contribution in [0.15, 0.2) is 85.1 Å². The number of hydrogen-bond acceptors (Lipinski definition) is 10. The van der Waals surface area contributed by atoms with Gasteiger partial charge in [0.25, 0.3) is 0 Å². The molecule has 0 radical (unpaired) electrons. The number of carbonyl (C=O) groups excluding carboxylic acids is 2. The van der Waals surface area contributed by atoms with Crippen molar-refractivity contribution in [2.75, 3.05) is 19.8 Å². The molecule has 10 nitrogen and oxygen atoms in total. The van der Waals surface area contributed by atoms with Gasteiger partial charge in [0.1, 0.15) is 31.0 Å². The molecule has 6 unspecified atom stereocenters. The van der Waals surface area contributed by atoms with E-state index in [0.717, 1.165) is 96.3 Å². The Hall–Kier alpha value is -3.12. The van der Waals surface area contributed by atoms with Crippen molar-refractivity contribution in [3.8, 4) is 0 Å². The van der Waals surface area contributed by atoms with Crippen molar-refractivity contribution < 1.29 is 49.0 Å². The Morgan fingerprint density at radius 1 is 0.552 bits per heavy atom. The first-order valence-corrected chi connectivity index (χ1v) is 22.2. The van der Waals surface area contributed by atoms with E-state index in [-0.39, 0.29) is 26.1 Å². The average molecular weight is 815 g/mol. The second-order valence-electron chi connectivity index (χ2n) is 14.8. The summed E-state index contributed by atoms with van der Waals surface area (Å²) in [7, 11) is 0. The molecule has 10 heteroatoms. The van der Waals surface area contributed by atoms with Gasteiger partial charge in [0.15, 0.2) is 12.4 Å². The lowest BCUT2D eigenvalue weighted by molar-refractivity contribution is -0.305. The summed E-state index contributed by atoms with van der Waals surface area (Å²) in [5.41, 5.74) is 0. The van der Waals surface area contributed by atoms with Gasteiger partial charge in [-0.3, -0.25) is 9.59 Å². The van der Waals surface area contributed by atoms with Gasteiger partial charge in [-0.05, 0) is 83.5 Å². The second-order valence-corrected chi connectivity index (χ2v) is 14.8. The monoisotopic (exact) mass is 815 g/mol. The minimum atomic E-state index is -1.61. The number of unbranched alkanes of at least 4 members (excludes halogenated alkanes) is 10. The highest BCUT2D eigenvalue weighted by Gasteiger charge is 2.44. The molecule has 330 valence electrons. The van der Waals surface area contributed by atoms with Gasteiger partial charge in [0.05, 0.1) is 13.2 Å². The van der Waals surface area contributed by atoms with E-state index in [4.69, 9.17) is 18.9 Å². The average Bonchev–Trinajstić information content (AvgIpc) is 3.22. The summed E-state index contributed by atoms with van der Waals surface area (Å²) in [5, 5.41) is 40.1. The third-order valence-corrected chi connectivity index (χ3v) is 9.51. The van der Waals surface area contributed by atoms with Crippen molar-refractivity contribution in [2.45, 2.75) is 185 Å². The van der Waals surface area contributed by atoms with Crippen molar-refractivity contribution in [1.82, 2.24) is 0 Å². The number of esters is 2. The molecule has 1 saturated heterocycles. The minimum Gasteiger partial charge on any atom is -0.462 e. The number of ether oxygens (including phenoxy) is 4. The summed E-state index contributed by atoms with van der Waals surface area (Å²) in [6, 6.07) is 0. The molecule has 6 atom stereocenters. The molecule has 0 amide bonds. The van der Waals surface area contributed by atoms with E-state index in [1.807, 2.05) is 0 Å². The number of allylic oxidation sites excluding steroid dienone is 14. The van der Waals surface area contributed by atoms with E-state index in [2.05, 4.69) is 98.9 Å². The largest absolute Gasteiger partial charge is 0.462 e. The Morgan fingerprint density at radius 3 is 1.55 bits per heavy atom. The second kappa shape index (κ2) is 38.1. The normalized spacial score (nSPS) is 21.0. The fourth-order valence-corrected chi connectivity index (χ4v) is 5.99. The third-order valence-electron chi connectivity index (χ3n) is 9.51. The van der Waals surface area contributed by atoms with Gasteiger partial charge in [0, 0.05) is 12.8 Å². The topological polar surface area (TPSA) is 152 Å². The molecule has 1 rings (SSSR count). The van der Waals surface area contributed by atoms with E-state index < -0.39 is 55.4 Å². The Morgan fingerprint density at radius 2 is 1.02 bits per heavy atom. The lowest BCUT2D eigenvalue weighted by Gasteiger charge is -2.39. The number of aliphatic hydroxyl groups is 4. The Bertz CT molecular complexity index is 1220. The van der Waals surface area contributed by atoms with Crippen LogP contribution in [0.25, 0.3) is 0 Å². The van der Waals surface area contributed by atoms with Gasteiger partial charge in [0.2, 0.25) is 0 Å². The molecular weight excluding hydrogens is 737 g/mol. The molecule has 0 spiro atoms. The maximum absolute atomic E-state index is 12.8. The molecule has 0 aromatic heterocycles. The van der Waals surface area contributed by atoms with E-state index in [9.17, 15) is 30.0 Å². The highest BCUT2D eigenvalue weighted by Crippen LogP contribution is 2.22. The van der Waals surface area contributed by atoms with Crippen LogP contribution < -0.4 is 0 Å². The molecule has 0 saturated carbocycles. The summed E-state index contributed by atoms with van der Waals surface area (Å²) in [6.07, 6.45) is 41.5. The summed E-state index contributed by atoms with van der Waals surface area (Å²) in [4.78, 5) is 25.3. The lowest BCUT2D eigenvalue weighted by atomic mass is 9.99.